The highest BCUT2D eigenvalue weighted by molar-refractivity contribution is 5.68. The fourth-order valence-electron chi connectivity index (χ4n) is 2.60. The molecule has 1 aromatic heterocycles. The van der Waals surface area contributed by atoms with Gasteiger partial charge in [-0.1, -0.05) is 0 Å². The molecule has 0 aliphatic carbocycles. The van der Waals surface area contributed by atoms with Crippen molar-refractivity contribution in [1.82, 2.24) is 19.8 Å². The fraction of sp³-hybridized carbons (Fsp3) is 0.688. The van der Waals surface area contributed by atoms with Crippen molar-refractivity contribution in [3.8, 4) is 0 Å². The second-order valence-corrected chi connectivity index (χ2v) is 6.83. The minimum Gasteiger partial charge on any atom is -0.444 e. The molecule has 0 bridgehead atoms. The van der Waals surface area contributed by atoms with Crippen molar-refractivity contribution in [2.24, 2.45) is 0 Å². The molecule has 1 aliphatic rings. The molecule has 1 unspecified atom stereocenters. The summed E-state index contributed by atoms with van der Waals surface area (Å²) in [6.45, 7) is 7.89. The molecule has 1 aliphatic heterocycles. The van der Waals surface area contributed by atoms with E-state index in [1.165, 1.54) is 0 Å². The zero-order chi connectivity index (χ0) is 16.2. The lowest BCUT2D eigenvalue weighted by Gasteiger charge is -2.38. The molecule has 1 atom stereocenters. The molecule has 22 heavy (non-hydrogen) atoms. The summed E-state index contributed by atoms with van der Waals surface area (Å²) in [5, 5.41) is 0. The van der Waals surface area contributed by atoms with Crippen LogP contribution in [0.15, 0.2) is 18.6 Å². The molecule has 0 saturated carbocycles. The Morgan fingerprint density at radius 3 is 2.86 bits per heavy atom. The van der Waals surface area contributed by atoms with E-state index in [1.807, 2.05) is 25.7 Å². The van der Waals surface area contributed by atoms with Crippen molar-refractivity contribution in [1.29, 1.82) is 0 Å². The maximum Gasteiger partial charge on any atom is 0.410 e. The predicted molar refractivity (Wildman–Crippen MR) is 84.3 cm³/mol. The van der Waals surface area contributed by atoms with Crippen molar-refractivity contribution >= 4 is 6.09 Å². The van der Waals surface area contributed by atoms with Crippen LogP contribution in [0.25, 0.3) is 0 Å². The quantitative estimate of drug-likeness (QED) is 0.857. The first-order chi connectivity index (χ1) is 10.3. The number of likely N-dealkylation sites (tertiary alicyclic amines) is 1. The average molecular weight is 306 g/mol. The summed E-state index contributed by atoms with van der Waals surface area (Å²) in [5.41, 5.74) is 0.495. The van der Waals surface area contributed by atoms with Crippen LogP contribution < -0.4 is 0 Å². The summed E-state index contributed by atoms with van der Waals surface area (Å²) in [7, 11) is 2.07. The van der Waals surface area contributed by atoms with E-state index < -0.39 is 5.60 Å². The summed E-state index contributed by atoms with van der Waals surface area (Å²) >= 11 is 0. The Balaban J connectivity index is 1.91. The predicted octanol–water partition coefficient (Wildman–Crippen LogP) is 2.31. The third-order valence-corrected chi connectivity index (χ3v) is 3.70. The zero-order valence-electron chi connectivity index (χ0n) is 14.0. The van der Waals surface area contributed by atoms with Crippen molar-refractivity contribution in [3.63, 3.8) is 0 Å². The second-order valence-electron chi connectivity index (χ2n) is 6.83. The minimum atomic E-state index is -0.449. The van der Waals surface area contributed by atoms with Crippen molar-refractivity contribution < 1.29 is 9.53 Å². The maximum absolute atomic E-state index is 12.2. The van der Waals surface area contributed by atoms with Crippen LogP contribution in [0.2, 0.25) is 0 Å². The van der Waals surface area contributed by atoms with E-state index in [2.05, 4.69) is 21.9 Å². The van der Waals surface area contributed by atoms with Gasteiger partial charge in [0.05, 0.1) is 5.69 Å². The summed E-state index contributed by atoms with van der Waals surface area (Å²) < 4.78 is 5.47. The molecule has 6 nitrogen and oxygen atoms in total. The van der Waals surface area contributed by atoms with Gasteiger partial charge in [-0.3, -0.25) is 14.9 Å². The lowest BCUT2D eigenvalue weighted by molar-refractivity contribution is 0.0120. The van der Waals surface area contributed by atoms with Gasteiger partial charge in [-0.25, -0.2) is 4.79 Å². The van der Waals surface area contributed by atoms with Crippen molar-refractivity contribution in [2.75, 3.05) is 20.1 Å². The number of ether oxygens (including phenoxy) is 1. The molecule has 1 fully saturated rings. The Bertz CT molecular complexity index is 487. The number of hydrogen-bond acceptors (Lipinski definition) is 5. The molecular formula is C16H26N4O2. The highest BCUT2D eigenvalue weighted by atomic mass is 16.6. The summed E-state index contributed by atoms with van der Waals surface area (Å²) in [4.78, 5) is 24.7. The Labute approximate surface area is 132 Å². The van der Waals surface area contributed by atoms with E-state index in [9.17, 15) is 4.79 Å². The number of carbonyl (C=O) groups is 1. The monoisotopic (exact) mass is 306 g/mol. The Morgan fingerprint density at radius 1 is 1.45 bits per heavy atom. The van der Waals surface area contributed by atoms with Gasteiger partial charge in [-0.2, -0.15) is 0 Å². The van der Waals surface area contributed by atoms with Gasteiger partial charge in [0.25, 0.3) is 0 Å². The van der Waals surface area contributed by atoms with E-state index in [0.717, 1.165) is 31.6 Å². The van der Waals surface area contributed by atoms with Crippen LogP contribution in [-0.4, -0.2) is 57.6 Å². The molecule has 6 heteroatoms. The molecule has 2 rings (SSSR count). The Hall–Kier alpha value is -1.69. The topological polar surface area (TPSA) is 58.6 Å². The van der Waals surface area contributed by atoms with Crippen molar-refractivity contribution in [3.05, 3.63) is 24.3 Å². The molecule has 0 spiro atoms. The molecule has 2 heterocycles. The van der Waals surface area contributed by atoms with Crippen LogP contribution in [-0.2, 0) is 11.3 Å². The van der Waals surface area contributed by atoms with Crippen LogP contribution >= 0.6 is 0 Å². The van der Waals surface area contributed by atoms with E-state index in [0.29, 0.717) is 12.6 Å². The van der Waals surface area contributed by atoms with Gasteiger partial charge in [0.1, 0.15) is 5.60 Å². The number of hydrogen-bond donors (Lipinski definition) is 0. The van der Waals surface area contributed by atoms with Crippen LogP contribution in [0.5, 0.6) is 0 Å². The van der Waals surface area contributed by atoms with Gasteiger partial charge in [-0.15, -0.1) is 0 Å². The Morgan fingerprint density at radius 2 is 2.23 bits per heavy atom. The summed E-state index contributed by atoms with van der Waals surface area (Å²) in [6.07, 6.45) is 7.02. The first-order valence-corrected chi connectivity index (χ1v) is 7.78. The summed E-state index contributed by atoms with van der Waals surface area (Å²) in [6, 6.07) is 0.322. The first-order valence-electron chi connectivity index (χ1n) is 7.78. The number of amides is 1. The molecule has 0 N–H and O–H groups in total. The first kappa shape index (κ1) is 16.7. The van der Waals surface area contributed by atoms with Gasteiger partial charge in [0.2, 0.25) is 0 Å². The number of likely N-dealkylation sites (N-methyl/N-ethyl adjacent to an activating group) is 1. The normalized spacial score (nSPS) is 19.3. The van der Waals surface area contributed by atoms with Crippen LogP contribution in [0.4, 0.5) is 4.79 Å². The number of carbonyl (C=O) groups excluding carboxylic acids is 1. The van der Waals surface area contributed by atoms with E-state index in [4.69, 9.17) is 4.74 Å². The van der Waals surface area contributed by atoms with E-state index in [-0.39, 0.29) is 6.09 Å². The third kappa shape index (κ3) is 4.94. The molecule has 0 aromatic carbocycles. The maximum atomic E-state index is 12.2. The highest BCUT2D eigenvalue weighted by Crippen LogP contribution is 2.19. The van der Waals surface area contributed by atoms with Gasteiger partial charge in [0, 0.05) is 44.3 Å². The van der Waals surface area contributed by atoms with Gasteiger partial charge < -0.3 is 9.64 Å². The van der Waals surface area contributed by atoms with Gasteiger partial charge in [-0.05, 0) is 40.7 Å². The lowest BCUT2D eigenvalue weighted by Crippen LogP contribution is -2.49. The highest BCUT2D eigenvalue weighted by Gasteiger charge is 2.29. The zero-order valence-corrected chi connectivity index (χ0v) is 14.0. The van der Waals surface area contributed by atoms with Crippen LogP contribution in [0.1, 0.15) is 39.3 Å². The molecule has 1 amide bonds. The fourth-order valence-corrected chi connectivity index (χ4v) is 2.60. The minimum absolute atomic E-state index is 0.217. The van der Waals surface area contributed by atoms with Crippen LogP contribution in [0, 0.1) is 0 Å². The van der Waals surface area contributed by atoms with Crippen LogP contribution in [0.3, 0.4) is 0 Å². The third-order valence-electron chi connectivity index (χ3n) is 3.70. The average Bonchev–Trinajstić information content (AvgIpc) is 2.46. The SMILES string of the molecule is CN(Cc1cnccn1)C1CCCN(C(=O)OC(C)(C)C)C1. The molecule has 122 valence electrons. The van der Waals surface area contributed by atoms with Gasteiger partial charge >= 0.3 is 6.09 Å². The molecular weight excluding hydrogens is 280 g/mol. The summed E-state index contributed by atoms with van der Waals surface area (Å²) in [5.74, 6) is 0. The lowest BCUT2D eigenvalue weighted by atomic mass is 10.0. The number of nitrogens with zero attached hydrogens (tertiary/aromatic N) is 4. The molecule has 1 saturated heterocycles. The molecule has 1 aromatic rings. The standard InChI is InChI=1S/C16H26N4O2/c1-16(2,3)22-15(21)20-9-5-6-14(12-20)19(4)11-13-10-17-7-8-18-13/h7-8,10,14H,5-6,9,11-12H2,1-4H3. The van der Waals surface area contributed by atoms with E-state index in [1.54, 1.807) is 18.6 Å². The number of aromatic nitrogens is 2. The number of piperidine rings is 1. The second kappa shape index (κ2) is 7.05. The Kier molecular flexibility index (Phi) is 5.34. The van der Waals surface area contributed by atoms with E-state index >= 15 is 0 Å². The number of rotatable bonds is 3. The van der Waals surface area contributed by atoms with Crippen molar-refractivity contribution in [2.45, 2.75) is 51.8 Å². The largest absolute Gasteiger partial charge is 0.444 e. The van der Waals surface area contributed by atoms with Gasteiger partial charge in [0.15, 0.2) is 0 Å². The molecule has 0 radical (unpaired) electrons. The smallest absolute Gasteiger partial charge is 0.410 e.